The number of nitrogens with one attached hydrogen (secondary N) is 2. The molecule has 1 atom stereocenters. The van der Waals surface area contributed by atoms with Gasteiger partial charge in [0.25, 0.3) is 5.56 Å². The van der Waals surface area contributed by atoms with Crippen LogP contribution in [0.1, 0.15) is 32.1 Å². The van der Waals surface area contributed by atoms with Crippen molar-refractivity contribution in [2.75, 3.05) is 0 Å². The average Bonchev–Trinajstić information content (AvgIpc) is 3.14. The summed E-state index contributed by atoms with van der Waals surface area (Å²) in [5.41, 5.74) is 1.94. The quantitative estimate of drug-likeness (QED) is 0.526. The Morgan fingerprint density at radius 3 is 2.59 bits per heavy atom. The van der Waals surface area contributed by atoms with Crippen LogP contribution >= 0.6 is 0 Å². The van der Waals surface area contributed by atoms with Gasteiger partial charge in [-0.15, -0.1) is 5.10 Å². The summed E-state index contributed by atoms with van der Waals surface area (Å²) in [5.74, 6) is 0.727. The molecule has 29 heavy (non-hydrogen) atoms. The summed E-state index contributed by atoms with van der Waals surface area (Å²) in [6.07, 6.45) is 0.712. The Bertz CT molecular complexity index is 1190. The van der Waals surface area contributed by atoms with Crippen molar-refractivity contribution >= 4 is 27.8 Å². The second kappa shape index (κ2) is 7.83. The number of aromatic amines is 1. The maximum Gasteiger partial charge on any atom is 0.278 e. The number of amides is 1. The molecule has 0 spiro atoms. The molecule has 0 aliphatic rings. The molecule has 4 rings (SSSR count). The first kappa shape index (κ1) is 18.8. The molecule has 8 nitrogen and oxygen atoms in total. The maximum absolute atomic E-state index is 12.7. The fraction of sp³-hybridized carbons (Fsp3) is 0.286. The Morgan fingerprint density at radius 2 is 1.83 bits per heavy atom. The van der Waals surface area contributed by atoms with Gasteiger partial charge in [0, 0.05) is 0 Å². The van der Waals surface area contributed by atoms with Gasteiger partial charge in [-0.25, -0.2) is 9.67 Å². The molecule has 0 saturated carbocycles. The monoisotopic (exact) mass is 390 g/mol. The van der Waals surface area contributed by atoms with Gasteiger partial charge in [-0.05, 0) is 36.6 Å². The second-order valence-corrected chi connectivity index (χ2v) is 7.46. The Balaban J connectivity index is 1.57. The Kier molecular flexibility index (Phi) is 5.07. The number of hydrogen-bond acceptors (Lipinski definition) is 5. The molecular formula is C21H22N6O2. The third-order valence-electron chi connectivity index (χ3n) is 4.70. The Labute approximate surface area is 167 Å². The number of rotatable bonds is 6. The predicted octanol–water partition coefficient (Wildman–Crippen LogP) is 2.57. The molecule has 148 valence electrons. The summed E-state index contributed by atoms with van der Waals surface area (Å²) < 4.78 is 1.09. The number of benzene rings is 2. The van der Waals surface area contributed by atoms with E-state index in [1.807, 2.05) is 24.3 Å². The number of para-hydroxylation sites is 2. The molecule has 1 amide bonds. The van der Waals surface area contributed by atoms with Crippen LogP contribution in [-0.2, 0) is 11.3 Å². The molecule has 2 heterocycles. The lowest BCUT2D eigenvalue weighted by atomic mass is 10.0. The second-order valence-electron chi connectivity index (χ2n) is 7.46. The smallest absolute Gasteiger partial charge is 0.278 e. The van der Waals surface area contributed by atoms with Crippen LogP contribution in [0.15, 0.2) is 53.3 Å². The number of hydrogen-bond donors (Lipinski definition) is 2. The molecule has 0 fully saturated rings. The van der Waals surface area contributed by atoms with Gasteiger partial charge in [0.1, 0.15) is 17.9 Å². The van der Waals surface area contributed by atoms with E-state index in [1.165, 1.54) is 0 Å². The molecule has 0 radical (unpaired) electrons. The van der Waals surface area contributed by atoms with Crippen molar-refractivity contribution in [1.82, 2.24) is 30.3 Å². The van der Waals surface area contributed by atoms with Crippen LogP contribution in [0.5, 0.6) is 0 Å². The van der Waals surface area contributed by atoms with E-state index >= 15 is 0 Å². The average molecular weight is 390 g/mol. The van der Waals surface area contributed by atoms with E-state index in [2.05, 4.69) is 39.4 Å². The van der Waals surface area contributed by atoms with Crippen LogP contribution in [0.4, 0.5) is 0 Å². The predicted molar refractivity (Wildman–Crippen MR) is 110 cm³/mol. The van der Waals surface area contributed by atoms with Gasteiger partial charge in [-0.2, -0.15) is 0 Å². The summed E-state index contributed by atoms with van der Waals surface area (Å²) in [6, 6.07) is 14.4. The highest BCUT2D eigenvalue weighted by Gasteiger charge is 2.20. The van der Waals surface area contributed by atoms with E-state index in [0.717, 1.165) is 15.7 Å². The molecule has 1 unspecified atom stereocenters. The van der Waals surface area contributed by atoms with Gasteiger partial charge >= 0.3 is 0 Å². The summed E-state index contributed by atoms with van der Waals surface area (Å²) in [7, 11) is 0. The molecular weight excluding hydrogens is 368 g/mol. The van der Waals surface area contributed by atoms with E-state index < -0.39 is 0 Å². The molecule has 2 aromatic heterocycles. The number of aromatic nitrogens is 5. The lowest BCUT2D eigenvalue weighted by Crippen LogP contribution is -2.37. The standard InChI is InChI=1S/C21H22N6O2/c1-13(2)11-18(20-23-16-9-5-6-10-17(16)24-20)22-19(28)12-27-21(29)14-7-3-4-8-15(14)25-26-27/h3-10,13,18H,11-12H2,1-2H3,(H,22,28)(H,23,24). The zero-order valence-corrected chi connectivity index (χ0v) is 16.3. The molecule has 2 N–H and O–H groups in total. The first-order valence-corrected chi connectivity index (χ1v) is 9.58. The Hall–Kier alpha value is -3.55. The van der Waals surface area contributed by atoms with Crippen LogP contribution in [0.3, 0.4) is 0 Å². The number of H-pyrrole nitrogens is 1. The van der Waals surface area contributed by atoms with E-state index in [0.29, 0.717) is 29.1 Å². The fourth-order valence-electron chi connectivity index (χ4n) is 3.35. The maximum atomic E-state index is 12.7. The van der Waals surface area contributed by atoms with Crippen molar-refractivity contribution in [3.63, 3.8) is 0 Å². The summed E-state index contributed by atoms with van der Waals surface area (Å²) >= 11 is 0. The van der Waals surface area contributed by atoms with E-state index in [-0.39, 0.29) is 24.1 Å². The van der Waals surface area contributed by atoms with Crippen molar-refractivity contribution < 1.29 is 4.79 Å². The highest BCUT2D eigenvalue weighted by Crippen LogP contribution is 2.22. The summed E-state index contributed by atoms with van der Waals surface area (Å²) in [5, 5.41) is 11.3. The molecule has 4 aromatic rings. The van der Waals surface area contributed by atoms with Crippen molar-refractivity contribution in [3.05, 3.63) is 64.7 Å². The molecule has 0 aliphatic heterocycles. The third-order valence-corrected chi connectivity index (χ3v) is 4.70. The topological polar surface area (TPSA) is 106 Å². The first-order valence-electron chi connectivity index (χ1n) is 9.58. The minimum atomic E-state index is -0.338. The highest BCUT2D eigenvalue weighted by atomic mass is 16.2. The van der Waals surface area contributed by atoms with Crippen molar-refractivity contribution in [2.24, 2.45) is 5.92 Å². The van der Waals surface area contributed by atoms with E-state index in [1.54, 1.807) is 24.3 Å². The van der Waals surface area contributed by atoms with Crippen LogP contribution < -0.4 is 10.9 Å². The number of nitrogens with zero attached hydrogens (tertiary/aromatic N) is 4. The molecule has 0 bridgehead atoms. The molecule has 8 heteroatoms. The van der Waals surface area contributed by atoms with Gasteiger partial charge in [-0.3, -0.25) is 9.59 Å². The van der Waals surface area contributed by atoms with Crippen molar-refractivity contribution in [3.8, 4) is 0 Å². The molecule has 0 aliphatic carbocycles. The number of imidazole rings is 1. The van der Waals surface area contributed by atoms with Crippen LogP contribution in [0.25, 0.3) is 21.9 Å². The first-order chi connectivity index (χ1) is 14.0. The minimum absolute atomic E-state index is 0.203. The minimum Gasteiger partial charge on any atom is -0.345 e. The lowest BCUT2D eigenvalue weighted by Gasteiger charge is -2.18. The van der Waals surface area contributed by atoms with Crippen LogP contribution in [-0.4, -0.2) is 30.9 Å². The van der Waals surface area contributed by atoms with Gasteiger partial charge in [0.2, 0.25) is 5.91 Å². The normalized spacial score (nSPS) is 12.5. The fourth-order valence-corrected chi connectivity index (χ4v) is 3.35. The van der Waals surface area contributed by atoms with Crippen LogP contribution in [0.2, 0.25) is 0 Å². The zero-order valence-electron chi connectivity index (χ0n) is 16.3. The Morgan fingerprint density at radius 1 is 1.10 bits per heavy atom. The van der Waals surface area contributed by atoms with Gasteiger partial charge in [0.05, 0.1) is 22.5 Å². The highest BCUT2D eigenvalue weighted by molar-refractivity contribution is 5.79. The van der Waals surface area contributed by atoms with E-state index in [4.69, 9.17) is 0 Å². The largest absolute Gasteiger partial charge is 0.345 e. The summed E-state index contributed by atoms with van der Waals surface area (Å²) in [6.45, 7) is 3.97. The summed E-state index contributed by atoms with van der Waals surface area (Å²) in [4.78, 5) is 33.2. The number of carbonyl (C=O) groups excluding carboxylic acids is 1. The van der Waals surface area contributed by atoms with Crippen LogP contribution in [0, 0.1) is 5.92 Å². The van der Waals surface area contributed by atoms with Crippen molar-refractivity contribution in [2.45, 2.75) is 32.9 Å². The van der Waals surface area contributed by atoms with Crippen molar-refractivity contribution in [1.29, 1.82) is 0 Å². The number of carbonyl (C=O) groups is 1. The molecule has 2 aromatic carbocycles. The number of fused-ring (bicyclic) bond motifs is 2. The molecule has 0 saturated heterocycles. The lowest BCUT2D eigenvalue weighted by molar-refractivity contribution is -0.122. The zero-order chi connectivity index (χ0) is 20.4. The third kappa shape index (κ3) is 4.01. The van der Waals surface area contributed by atoms with Gasteiger partial charge in [0.15, 0.2) is 0 Å². The van der Waals surface area contributed by atoms with E-state index in [9.17, 15) is 9.59 Å². The van der Waals surface area contributed by atoms with Gasteiger partial charge < -0.3 is 10.3 Å². The SMILES string of the molecule is CC(C)CC(NC(=O)Cn1nnc2ccccc2c1=O)c1nc2ccccc2[nH]1. The van der Waals surface area contributed by atoms with Gasteiger partial charge in [-0.1, -0.05) is 43.3 Å².